The Morgan fingerprint density at radius 3 is 2.83 bits per heavy atom. The van der Waals surface area contributed by atoms with E-state index in [2.05, 4.69) is 12.2 Å². The predicted octanol–water partition coefficient (Wildman–Crippen LogP) is 1.75. The lowest BCUT2D eigenvalue weighted by atomic mass is 10.2. The topological polar surface area (TPSA) is 49.3 Å². The number of hydrogen-bond donors (Lipinski definition) is 2. The molecule has 0 heterocycles. The normalized spacial score (nSPS) is 13.2. The first-order valence-corrected chi connectivity index (χ1v) is 4.32. The minimum Gasteiger partial charge on any atom is -0.480 e. The van der Waals surface area contributed by atoms with E-state index >= 15 is 0 Å². The van der Waals surface area contributed by atoms with E-state index in [-0.39, 0.29) is 0 Å². The van der Waals surface area contributed by atoms with Crippen LogP contribution in [-0.4, -0.2) is 17.1 Å². The number of aliphatic carboxylic acids is 1. The van der Waals surface area contributed by atoms with E-state index in [1.54, 1.807) is 13.1 Å². The van der Waals surface area contributed by atoms with Gasteiger partial charge in [0.2, 0.25) is 0 Å². The Hall–Kier alpha value is -0.990. The van der Waals surface area contributed by atoms with Crippen molar-refractivity contribution in [1.82, 2.24) is 5.32 Å². The summed E-state index contributed by atoms with van der Waals surface area (Å²) < 4.78 is 0. The van der Waals surface area contributed by atoms with Crippen LogP contribution in [0.2, 0.25) is 0 Å². The lowest BCUT2D eigenvalue weighted by Gasteiger charge is -2.04. The molecule has 0 spiro atoms. The summed E-state index contributed by atoms with van der Waals surface area (Å²) in [6, 6.07) is -0.497. The van der Waals surface area contributed by atoms with Crippen LogP contribution in [0.1, 0.15) is 33.1 Å². The maximum absolute atomic E-state index is 10.3. The smallest absolute Gasteiger partial charge is 0.325 e. The fraction of sp³-hybridized carbons (Fsp3) is 0.667. The summed E-state index contributed by atoms with van der Waals surface area (Å²) in [7, 11) is 0. The van der Waals surface area contributed by atoms with E-state index in [0.29, 0.717) is 0 Å². The highest BCUT2D eigenvalue weighted by molar-refractivity contribution is 5.72. The Labute approximate surface area is 73.5 Å². The van der Waals surface area contributed by atoms with Crippen LogP contribution in [0.3, 0.4) is 0 Å². The first-order valence-electron chi connectivity index (χ1n) is 4.32. The molecule has 0 saturated heterocycles. The van der Waals surface area contributed by atoms with Gasteiger partial charge in [-0.15, -0.1) is 0 Å². The maximum Gasteiger partial charge on any atom is 0.325 e. The Morgan fingerprint density at radius 2 is 2.33 bits per heavy atom. The zero-order chi connectivity index (χ0) is 9.40. The van der Waals surface area contributed by atoms with Gasteiger partial charge in [-0.1, -0.05) is 25.8 Å². The third kappa shape index (κ3) is 5.77. The summed E-state index contributed by atoms with van der Waals surface area (Å²) in [6.45, 7) is 3.74. The molecule has 0 amide bonds. The van der Waals surface area contributed by atoms with Crippen LogP contribution >= 0.6 is 0 Å². The number of nitrogens with one attached hydrogen (secondary N) is 1. The molecule has 0 saturated carbocycles. The van der Waals surface area contributed by atoms with E-state index in [4.69, 9.17) is 5.11 Å². The summed E-state index contributed by atoms with van der Waals surface area (Å²) >= 11 is 0. The number of hydrogen-bond acceptors (Lipinski definition) is 2. The number of carboxylic acid groups (broad SMARTS) is 1. The van der Waals surface area contributed by atoms with Crippen LogP contribution in [0.4, 0.5) is 0 Å². The predicted molar refractivity (Wildman–Crippen MR) is 48.9 cm³/mol. The fourth-order valence-corrected chi connectivity index (χ4v) is 0.689. The van der Waals surface area contributed by atoms with E-state index in [0.717, 1.165) is 12.8 Å². The molecule has 0 fully saturated rings. The van der Waals surface area contributed by atoms with Crippen molar-refractivity contribution in [2.75, 3.05) is 0 Å². The van der Waals surface area contributed by atoms with Gasteiger partial charge in [0.05, 0.1) is 0 Å². The summed E-state index contributed by atoms with van der Waals surface area (Å²) in [5.41, 5.74) is 0. The van der Waals surface area contributed by atoms with Crippen LogP contribution in [0.25, 0.3) is 0 Å². The van der Waals surface area contributed by atoms with Crippen molar-refractivity contribution in [2.24, 2.45) is 0 Å². The monoisotopic (exact) mass is 171 g/mol. The van der Waals surface area contributed by atoms with Crippen LogP contribution in [0.5, 0.6) is 0 Å². The maximum atomic E-state index is 10.3. The molecule has 0 radical (unpaired) electrons. The van der Waals surface area contributed by atoms with Gasteiger partial charge in [-0.25, -0.2) is 0 Å². The molecule has 0 bridgehead atoms. The van der Waals surface area contributed by atoms with E-state index in [1.165, 1.54) is 6.42 Å². The van der Waals surface area contributed by atoms with E-state index < -0.39 is 12.0 Å². The zero-order valence-electron chi connectivity index (χ0n) is 7.71. The molecule has 1 atom stereocenters. The third-order valence-electron chi connectivity index (χ3n) is 1.56. The van der Waals surface area contributed by atoms with Crippen molar-refractivity contribution in [3.63, 3.8) is 0 Å². The first kappa shape index (κ1) is 11.0. The number of carbonyl (C=O) groups is 1. The second-order valence-corrected chi connectivity index (χ2v) is 2.77. The molecule has 0 aliphatic carbocycles. The van der Waals surface area contributed by atoms with Gasteiger partial charge in [0.15, 0.2) is 0 Å². The molecule has 0 unspecified atom stereocenters. The summed E-state index contributed by atoms with van der Waals surface area (Å²) in [5, 5.41) is 11.2. The van der Waals surface area contributed by atoms with Gasteiger partial charge in [0.1, 0.15) is 6.04 Å². The van der Waals surface area contributed by atoms with Gasteiger partial charge in [-0.2, -0.15) is 0 Å². The molecule has 0 aromatic rings. The first-order chi connectivity index (χ1) is 5.68. The molecule has 3 heteroatoms. The molecule has 0 aromatic carbocycles. The Bertz CT molecular complexity index is 155. The Balaban J connectivity index is 3.40. The van der Waals surface area contributed by atoms with Crippen LogP contribution in [-0.2, 0) is 4.79 Å². The second kappa shape index (κ2) is 6.70. The van der Waals surface area contributed by atoms with Gasteiger partial charge in [-0.3, -0.25) is 4.79 Å². The molecule has 0 aliphatic heterocycles. The lowest BCUT2D eigenvalue weighted by molar-refractivity contribution is -0.138. The largest absolute Gasteiger partial charge is 0.480 e. The van der Waals surface area contributed by atoms with Crippen molar-refractivity contribution in [2.45, 2.75) is 39.2 Å². The third-order valence-corrected chi connectivity index (χ3v) is 1.56. The average Bonchev–Trinajstić information content (AvgIpc) is 2.03. The molecular formula is C9H17NO2. The van der Waals surface area contributed by atoms with Crippen molar-refractivity contribution in [3.8, 4) is 0 Å². The highest BCUT2D eigenvalue weighted by Gasteiger charge is 2.05. The number of rotatable bonds is 6. The van der Waals surface area contributed by atoms with E-state index in [1.807, 2.05) is 6.08 Å². The molecular weight excluding hydrogens is 154 g/mol. The average molecular weight is 171 g/mol. The summed E-state index contributed by atoms with van der Waals surface area (Å²) in [5.74, 6) is -0.824. The molecule has 0 aromatic heterocycles. The lowest BCUT2D eigenvalue weighted by Crippen LogP contribution is -2.29. The number of carboxylic acids is 1. The van der Waals surface area contributed by atoms with Gasteiger partial charge < -0.3 is 10.4 Å². The van der Waals surface area contributed by atoms with E-state index in [9.17, 15) is 4.79 Å². The number of unbranched alkanes of at least 4 members (excludes halogenated alkanes) is 2. The zero-order valence-corrected chi connectivity index (χ0v) is 7.71. The van der Waals surface area contributed by atoms with Crippen LogP contribution in [0.15, 0.2) is 12.3 Å². The highest BCUT2D eigenvalue weighted by atomic mass is 16.4. The van der Waals surface area contributed by atoms with Crippen molar-refractivity contribution < 1.29 is 9.90 Å². The fourth-order valence-electron chi connectivity index (χ4n) is 0.689. The van der Waals surface area contributed by atoms with Crippen molar-refractivity contribution in [1.29, 1.82) is 0 Å². The van der Waals surface area contributed by atoms with Gasteiger partial charge in [0, 0.05) is 0 Å². The molecule has 2 N–H and O–H groups in total. The van der Waals surface area contributed by atoms with Crippen LogP contribution in [0, 0.1) is 0 Å². The number of allylic oxidation sites excluding steroid dienone is 1. The summed E-state index contributed by atoms with van der Waals surface area (Å²) in [4.78, 5) is 10.3. The van der Waals surface area contributed by atoms with Gasteiger partial charge >= 0.3 is 5.97 Å². The standard InChI is InChI=1S/C9H17NO2/c1-3-4-5-6-7-10-8(2)9(11)12/h6-8,10H,3-5H2,1-2H3,(H,11,12)/t8-/m0/s1. The molecule has 12 heavy (non-hydrogen) atoms. The van der Waals surface area contributed by atoms with Crippen molar-refractivity contribution >= 4 is 5.97 Å². The Morgan fingerprint density at radius 1 is 1.67 bits per heavy atom. The SMILES string of the molecule is CCCCC=CN[C@@H](C)C(=O)O. The second-order valence-electron chi connectivity index (χ2n) is 2.77. The molecule has 0 rings (SSSR count). The minimum absolute atomic E-state index is 0.497. The summed E-state index contributed by atoms with van der Waals surface area (Å²) in [6.07, 6.45) is 7.01. The molecule has 3 nitrogen and oxygen atoms in total. The van der Waals surface area contributed by atoms with Gasteiger partial charge in [0.25, 0.3) is 0 Å². The minimum atomic E-state index is -0.824. The Kier molecular flexibility index (Phi) is 6.15. The van der Waals surface area contributed by atoms with Crippen LogP contribution < -0.4 is 5.32 Å². The molecule has 70 valence electrons. The molecule has 0 aliphatic rings. The highest BCUT2D eigenvalue weighted by Crippen LogP contribution is 1.93. The van der Waals surface area contributed by atoms with Crippen molar-refractivity contribution in [3.05, 3.63) is 12.3 Å². The van der Waals surface area contributed by atoms with Gasteiger partial charge in [-0.05, 0) is 19.5 Å². The quantitative estimate of drug-likeness (QED) is 0.598.